The van der Waals surface area contributed by atoms with Crippen molar-refractivity contribution in [3.63, 3.8) is 0 Å². The van der Waals surface area contributed by atoms with Gasteiger partial charge in [0, 0.05) is 17.3 Å². The Bertz CT molecular complexity index is 892. The van der Waals surface area contributed by atoms with Gasteiger partial charge < -0.3 is 10.4 Å². The van der Waals surface area contributed by atoms with Gasteiger partial charge in [-0.05, 0) is 29.9 Å². The monoisotopic (exact) mass is 371 g/mol. The molecule has 4 atom stereocenters. The van der Waals surface area contributed by atoms with Crippen LogP contribution in [0.5, 0.6) is 0 Å². The largest absolute Gasteiger partial charge is 0.481 e. The van der Waals surface area contributed by atoms with Gasteiger partial charge >= 0.3 is 5.97 Å². The summed E-state index contributed by atoms with van der Waals surface area (Å²) in [6.45, 7) is 0.490. The number of halogens is 1. The maximum Gasteiger partial charge on any atom is 0.307 e. The highest BCUT2D eigenvalue weighted by molar-refractivity contribution is 6.31. The molecule has 0 aliphatic heterocycles. The molecule has 1 aromatic heterocycles. The summed E-state index contributed by atoms with van der Waals surface area (Å²) in [6, 6.07) is 9.21. The Labute approximate surface area is 155 Å². The normalized spacial score (nSPS) is 26.2. The van der Waals surface area contributed by atoms with Crippen molar-refractivity contribution in [1.29, 1.82) is 0 Å². The topological polar surface area (TPSA) is 84.2 Å². The molecule has 2 aromatic rings. The number of amides is 1. The smallest absolute Gasteiger partial charge is 0.307 e. The number of aliphatic carboxylic acids is 1. The number of benzene rings is 1. The first-order valence-corrected chi connectivity index (χ1v) is 8.89. The molecular formula is C19H18ClN3O3. The summed E-state index contributed by atoms with van der Waals surface area (Å²) in [7, 11) is 0. The fraction of sp³-hybridized carbons (Fsp3) is 0.316. The number of rotatable bonds is 5. The maximum atomic E-state index is 12.7. The minimum Gasteiger partial charge on any atom is -0.481 e. The number of carbonyl (C=O) groups excluding carboxylic acids is 1. The standard InChI is InChI=1S/C19H18ClN3O3/c20-14-4-2-1-3-13(14)10-23-8-7-15(22-23)21-18(24)16-11-5-6-12(9-11)17(16)19(25)26/h1-8,11-12,16-17H,9-10H2,(H,25,26)(H,21,22,24). The van der Waals surface area contributed by atoms with Crippen LogP contribution in [0, 0.1) is 23.7 Å². The van der Waals surface area contributed by atoms with Crippen LogP contribution in [0.4, 0.5) is 5.82 Å². The number of aromatic nitrogens is 2. The Balaban J connectivity index is 1.46. The molecule has 1 heterocycles. The SMILES string of the molecule is O=C(O)C1C2C=CC(C2)C1C(=O)Nc1ccn(Cc2ccccc2Cl)n1. The molecule has 2 aliphatic rings. The van der Waals surface area contributed by atoms with Crippen LogP contribution in [0.3, 0.4) is 0 Å². The number of nitrogens with one attached hydrogen (secondary N) is 1. The van der Waals surface area contributed by atoms with E-state index in [-0.39, 0.29) is 17.7 Å². The predicted octanol–water partition coefficient (Wildman–Crippen LogP) is 3.05. The number of carboxylic acids is 1. The van der Waals surface area contributed by atoms with Crippen LogP contribution < -0.4 is 5.32 Å². The van der Waals surface area contributed by atoms with Crippen LogP contribution in [-0.4, -0.2) is 26.8 Å². The third-order valence-corrected chi connectivity index (χ3v) is 5.60. The first kappa shape index (κ1) is 16.8. The molecule has 2 aliphatic carbocycles. The van der Waals surface area contributed by atoms with Crippen molar-refractivity contribution in [3.8, 4) is 0 Å². The van der Waals surface area contributed by atoms with Crippen LogP contribution in [0.1, 0.15) is 12.0 Å². The summed E-state index contributed by atoms with van der Waals surface area (Å²) in [6.07, 6.45) is 6.38. The van der Waals surface area contributed by atoms with E-state index >= 15 is 0 Å². The van der Waals surface area contributed by atoms with Crippen LogP contribution in [0.25, 0.3) is 0 Å². The van der Waals surface area contributed by atoms with E-state index in [2.05, 4.69) is 10.4 Å². The molecule has 0 spiro atoms. The van der Waals surface area contributed by atoms with Crippen molar-refractivity contribution >= 4 is 29.3 Å². The Hall–Kier alpha value is -2.60. The van der Waals surface area contributed by atoms with Crippen LogP contribution in [-0.2, 0) is 16.1 Å². The van der Waals surface area contributed by atoms with Gasteiger partial charge in [0.05, 0.1) is 18.4 Å². The highest BCUT2D eigenvalue weighted by Gasteiger charge is 2.51. The molecule has 134 valence electrons. The minimum absolute atomic E-state index is 0.00805. The second-order valence-electron chi connectivity index (χ2n) is 6.82. The Morgan fingerprint density at radius 3 is 2.65 bits per heavy atom. The fourth-order valence-electron chi connectivity index (χ4n) is 4.04. The van der Waals surface area contributed by atoms with E-state index in [0.29, 0.717) is 17.4 Å². The number of allylic oxidation sites excluding steroid dienone is 2. The number of hydrogen-bond acceptors (Lipinski definition) is 3. The van der Waals surface area contributed by atoms with E-state index in [4.69, 9.17) is 11.6 Å². The Morgan fingerprint density at radius 1 is 1.19 bits per heavy atom. The summed E-state index contributed by atoms with van der Waals surface area (Å²) in [5.74, 6) is -2.04. The van der Waals surface area contributed by atoms with Gasteiger partial charge in [0.2, 0.25) is 5.91 Å². The third-order valence-electron chi connectivity index (χ3n) is 5.23. The Morgan fingerprint density at radius 2 is 1.92 bits per heavy atom. The van der Waals surface area contributed by atoms with Crippen LogP contribution in [0.2, 0.25) is 5.02 Å². The maximum absolute atomic E-state index is 12.7. The zero-order valence-electron chi connectivity index (χ0n) is 13.9. The molecule has 6 nitrogen and oxygen atoms in total. The van der Waals surface area contributed by atoms with Crippen molar-refractivity contribution in [2.45, 2.75) is 13.0 Å². The van der Waals surface area contributed by atoms with E-state index in [9.17, 15) is 14.7 Å². The average Bonchev–Trinajstić information content (AvgIpc) is 3.32. The number of fused-ring (bicyclic) bond motifs is 2. The zero-order valence-corrected chi connectivity index (χ0v) is 14.6. The lowest BCUT2D eigenvalue weighted by Gasteiger charge is -2.23. The lowest BCUT2D eigenvalue weighted by Crippen LogP contribution is -2.36. The molecule has 4 rings (SSSR count). The van der Waals surface area contributed by atoms with Gasteiger partial charge in [-0.25, -0.2) is 0 Å². The molecular weight excluding hydrogens is 354 g/mol. The van der Waals surface area contributed by atoms with Gasteiger partial charge in [-0.1, -0.05) is 42.0 Å². The van der Waals surface area contributed by atoms with Gasteiger partial charge in [0.15, 0.2) is 5.82 Å². The van der Waals surface area contributed by atoms with Crippen molar-refractivity contribution in [2.24, 2.45) is 23.7 Å². The van der Waals surface area contributed by atoms with Crippen molar-refractivity contribution < 1.29 is 14.7 Å². The molecule has 1 aromatic carbocycles. The predicted molar refractivity (Wildman–Crippen MR) is 96.8 cm³/mol. The van der Waals surface area contributed by atoms with Crippen molar-refractivity contribution in [3.05, 3.63) is 59.3 Å². The average molecular weight is 372 g/mol. The van der Waals surface area contributed by atoms with Crippen LogP contribution >= 0.6 is 11.6 Å². The summed E-state index contributed by atoms with van der Waals surface area (Å²) in [5, 5.41) is 17.3. The fourth-order valence-corrected chi connectivity index (χ4v) is 4.24. The van der Waals surface area contributed by atoms with Gasteiger partial charge in [-0.3, -0.25) is 14.3 Å². The summed E-state index contributed by atoms with van der Waals surface area (Å²) in [5.41, 5.74) is 0.930. The molecule has 26 heavy (non-hydrogen) atoms. The number of carbonyl (C=O) groups is 2. The zero-order chi connectivity index (χ0) is 18.3. The van der Waals surface area contributed by atoms with E-state index in [1.54, 1.807) is 16.9 Å². The van der Waals surface area contributed by atoms with Crippen LogP contribution in [0.15, 0.2) is 48.7 Å². The quantitative estimate of drug-likeness (QED) is 0.791. The van der Waals surface area contributed by atoms with Gasteiger partial charge in [0.1, 0.15) is 0 Å². The molecule has 2 N–H and O–H groups in total. The van der Waals surface area contributed by atoms with Crippen molar-refractivity contribution in [2.75, 3.05) is 5.32 Å². The molecule has 1 fully saturated rings. The number of carboxylic acid groups (broad SMARTS) is 1. The molecule has 2 bridgehead atoms. The first-order valence-electron chi connectivity index (χ1n) is 8.52. The van der Waals surface area contributed by atoms with Gasteiger partial charge in [0.25, 0.3) is 0 Å². The lowest BCUT2D eigenvalue weighted by atomic mass is 9.82. The molecule has 4 unspecified atom stereocenters. The summed E-state index contributed by atoms with van der Waals surface area (Å²) < 4.78 is 1.69. The van der Waals surface area contributed by atoms with E-state index in [0.717, 1.165) is 12.0 Å². The minimum atomic E-state index is -0.911. The lowest BCUT2D eigenvalue weighted by molar-refractivity contribution is -0.146. The third kappa shape index (κ3) is 3.01. The van der Waals surface area contributed by atoms with Gasteiger partial charge in [-0.15, -0.1) is 0 Å². The number of anilines is 1. The summed E-state index contributed by atoms with van der Waals surface area (Å²) in [4.78, 5) is 24.2. The first-order chi connectivity index (χ1) is 12.5. The van der Waals surface area contributed by atoms with Crippen molar-refractivity contribution in [1.82, 2.24) is 9.78 Å². The highest BCUT2D eigenvalue weighted by atomic mass is 35.5. The number of nitrogens with zero attached hydrogens (tertiary/aromatic N) is 2. The second-order valence-corrected chi connectivity index (χ2v) is 7.22. The highest BCUT2D eigenvalue weighted by Crippen LogP contribution is 2.48. The molecule has 0 saturated heterocycles. The number of hydrogen-bond donors (Lipinski definition) is 2. The van der Waals surface area contributed by atoms with Gasteiger partial charge in [-0.2, -0.15) is 5.10 Å². The molecule has 0 radical (unpaired) electrons. The molecule has 1 saturated carbocycles. The molecule has 1 amide bonds. The van der Waals surface area contributed by atoms with E-state index < -0.39 is 17.8 Å². The van der Waals surface area contributed by atoms with E-state index in [1.807, 2.05) is 36.4 Å². The molecule has 7 heteroatoms. The van der Waals surface area contributed by atoms with E-state index in [1.165, 1.54) is 0 Å². The Kier molecular flexibility index (Phi) is 4.28. The summed E-state index contributed by atoms with van der Waals surface area (Å²) >= 11 is 6.16. The second kappa shape index (κ2) is 6.61.